The number of hydrogen-bond acceptors (Lipinski definition) is 2. The van der Waals surface area contributed by atoms with E-state index in [0.717, 1.165) is 64.8 Å². The Kier molecular flexibility index (Phi) is 6.48. The van der Waals surface area contributed by atoms with Crippen LogP contribution >= 0.6 is 10.3 Å². The highest BCUT2D eigenvalue weighted by atomic mass is 32.3. The molecule has 3 nitrogen and oxygen atoms in total. The fraction of sp³-hybridized carbons (Fsp3) is 0.321. The lowest BCUT2D eigenvalue weighted by atomic mass is 10.1. The Morgan fingerprint density at radius 2 is 0.781 bits per heavy atom. The highest BCUT2D eigenvalue weighted by Crippen LogP contribution is 2.73. The van der Waals surface area contributed by atoms with E-state index in [4.69, 9.17) is 4.18 Å². The third-order valence-corrected chi connectivity index (χ3v) is 9.92. The summed E-state index contributed by atoms with van der Waals surface area (Å²) in [5, 5.41) is 10.1. The molecule has 4 heteroatoms. The number of carboxylic acid groups (broad SMARTS) is 1. The first kappa shape index (κ1) is 23.9. The zero-order valence-electron chi connectivity index (χ0n) is 20.6. The van der Waals surface area contributed by atoms with Crippen LogP contribution < -0.4 is 0 Å². The molecule has 0 heterocycles. The highest BCUT2D eigenvalue weighted by molar-refractivity contribution is 8.30. The molecule has 32 heavy (non-hydrogen) atoms. The van der Waals surface area contributed by atoms with Crippen molar-refractivity contribution in [3.63, 3.8) is 0 Å². The van der Waals surface area contributed by atoms with E-state index in [2.05, 4.69) is 98.7 Å². The molecule has 3 aromatic carbocycles. The minimum Gasteiger partial charge on any atom is -0.449 e. The largest absolute Gasteiger partial charge is 0.517 e. The molecule has 3 rings (SSSR count). The van der Waals surface area contributed by atoms with Gasteiger partial charge in [0, 0.05) is 14.7 Å². The Labute approximate surface area is 194 Å². The molecule has 0 spiro atoms. The minimum atomic E-state index is -2.57. The first-order valence-electron chi connectivity index (χ1n) is 10.9. The molecule has 0 atom stereocenters. The van der Waals surface area contributed by atoms with Crippen molar-refractivity contribution < 1.29 is 14.1 Å². The summed E-state index contributed by atoms with van der Waals surface area (Å²) in [5.41, 5.74) is 9.78. The second kappa shape index (κ2) is 8.67. The van der Waals surface area contributed by atoms with Crippen molar-refractivity contribution in [2.24, 2.45) is 0 Å². The van der Waals surface area contributed by atoms with Crippen LogP contribution in [0.25, 0.3) is 0 Å². The van der Waals surface area contributed by atoms with Gasteiger partial charge >= 0.3 is 6.16 Å². The molecule has 0 aliphatic rings. The molecule has 0 aromatic heterocycles. The maximum absolute atomic E-state index is 12.4. The number of carbonyl (C=O) groups is 1. The fourth-order valence-electron chi connectivity index (χ4n) is 5.40. The van der Waals surface area contributed by atoms with E-state index in [-0.39, 0.29) is 0 Å². The SMILES string of the molecule is Cc1cc(C)c(S(OC(=O)O)(c2c(C)cc(C)cc2C)c2c(C)cc(C)cc2C)c(C)c1. The average molecular weight is 451 g/mol. The van der Waals surface area contributed by atoms with Gasteiger partial charge in [0.1, 0.15) is 0 Å². The van der Waals surface area contributed by atoms with Crippen molar-refractivity contribution in [1.82, 2.24) is 0 Å². The van der Waals surface area contributed by atoms with Crippen LogP contribution in [0.1, 0.15) is 50.1 Å². The number of rotatable bonds is 4. The molecule has 170 valence electrons. The van der Waals surface area contributed by atoms with Gasteiger partial charge < -0.3 is 9.29 Å². The van der Waals surface area contributed by atoms with E-state index in [1.165, 1.54) is 0 Å². The van der Waals surface area contributed by atoms with Crippen LogP contribution in [-0.2, 0) is 4.18 Å². The molecule has 0 unspecified atom stereocenters. The molecule has 0 aliphatic carbocycles. The highest BCUT2D eigenvalue weighted by Gasteiger charge is 2.42. The van der Waals surface area contributed by atoms with Gasteiger partial charge in [-0.05, 0) is 106 Å². The third-order valence-electron chi connectivity index (χ3n) is 5.87. The van der Waals surface area contributed by atoms with Crippen LogP contribution in [0.5, 0.6) is 0 Å². The van der Waals surface area contributed by atoms with Crippen LogP contribution in [-0.4, -0.2) is 11.3 Å². The van der Waals surface area contributed by atoms with Gasteiger partial charge in [-0.15, -0.1) is 0 Å². The molecule has 0 saturated carbocycles. The molecule has 3 aromatic rings. The zero-order valence-corrected chi connectivity index (χ0v) is 21.5. The van der Waals surface area contributed by atoms with Crippen molar-refractivity contribution in [3.8, 4) is 0 Å². The molecular formula is C28H34O3S. The van der Waals surface area contributed by atoms with E-state index < -0.39 is 16.5 Å². The standard InChI is InChI=1S/C28H34O3S/c1-16-10-19(4)25(20(5)11-16)32(31-28(29)30,26-21(6)12-17(2)13-22(26)7)27-23(8)14-18(3)15-24(27)9/h10-15H,1-9H3,(H,29,30). The van der Waals surface area contributed by atoms with Gasteiger partial charge in [-0.25, -0.2) is 4.79 Å². The van der Waals surface area contributed by atoms with Gasteiger partial charge in [0.15, 0.2) is 0 Å². The van der Waals surface area contributed by atoms with E-state index in [0.29, 0.717) is 0 Å². The summed E-state index contributed by atoms with van der Waals surface area (Å²) < 4.78 is 6.20. The lowest BCUT2D eigenvalue weighted by molar-refractivity contribution is 0.150. The quantitative estimate of drug-likeness (QED) is 0.434. The molecule has 0 fully saturated rings. The Hall–Kier alpha value is -2.72. The molecule has 0 bridgehead atoms. The van der Waals surface area contributed by atoms with Crippen LogP contribution in [0.15, 0.2) is 51.1 Å². The molecule has 1 N–H and O–H groups in total. The second-order valence-electron chi connectivity index (χ2n) is 9.09. The predicted molar refractivity (Wildman–Crippen MR) is 133 cm³/mol. The van der Waals surface area contributed by atoms with E-state index >= 15 is 0 Å². The lowest BCUT2D eigenvalue weighted by Crippen LogP contribution is -2.18. The molecule has 0 amide bonds. The van der Waals surface area contributed by atoms with Crippen molar-refractivity contribution >= 4 is 16.5 Å². The number of aryl methyl sites for hydroxylation is 9. The smallest absolute Gasteiger partial charge is 0.449 e. The summed E-state index contributed by atoms with van der Waals surface area (Å²) in [6, 6.07) is 12.8. The van der Waals surface area contributed by atoms with Crippen molar-refractivity contribution in [3.05, 3.63) is 86.5 Å². The minimum absolute atomic E-state index is 0.982. The summed E-state index contributed by atoms with van der Waals surface area (Å²) in [6.45, 7) is 18.6. The molecular weight excluding hydrogens is 416 g/mol. The van der Waals surface area contributed by atoms with Crippen molar-refractivity contribution in [2.75, 3.05) is 0 Å². The van der Waals surface area contributed by atoms with Gasteiger partial charge in [-0.3, -0.25) is 0 Å². The first-order valence-corrected chi connectivity index (χ1v) is 12.4. The third kappa shape index (κ3) is 4.04. The predicted octanol–water partition coefficient (Wildman–Crippen LogP) is 8.35. The van der Waals surface area contributed by atoms with Gasteiger partial charge in [-0.2, -0.15) is 0 Å². The summed E-state index contributed by atoms with van der Waals surface area (Å²) >= 11 is 0. The van der Waals surface area contributed by atoms with Crippen LogP contribution in [0.3, 0.4) is 0 Å². The summed E-state index contributed by atoms with van der Waals surface area (Å²) in [7, 11) is -2.57. The summed E-state index contributed by atoms with van der Waals surface area (Å²) in [6.07, 6.45) is -1.25. The molecule has 0 saturated heterocycles. The second-order valence-corrected chi connectivity index (χ2v) is 11.6. The van der Waals surface area contributed by atoms with Crippen LogP contribution in [0.4, 0.5) is 4.79 Å². The monoisotopic (exact) mass is 450 g/mol. The maximum Gasteiger partial charge on any atom is 0.517 e. The Balaban J connectivity index is 2.67. The van der Waals surface area contributed by atoms with E-state index in [1.54, 1.807) is 0 Å². The Morgan fingerprint density at radius 3 is 0.969 bits per heavy atom. The summed E-state index contributed by atoms with van der Waals surface area (Å²) in [5.74, 6) is 0. The van der Waals surface area contributed by atoms with E-state index in [9.17, 15) is 9.90 Å². The lowest BCUT2D eigenvalue weighted by Gasteiger charge is -2.44. The topological polar surface area (TPSA) is 46.5 Å². The number of benzene rings is 3. The van der Waals surface area contributed by atoms with Gasteiger partial charge in [0.05, 0.1) is 0 Å². The first-order chi connectivity index (χ1) is 14.9. The van der Waals surface area contributed by atoms with Crippen molar-refractivity contribution in [1.29, 1.82) is 0 Å². The molecule has 0 radical (unpaired) electrons. The van der Waals surface area contributed by atoms with Crippen LogP contribution in [0, 0.1) is 62.3 Å². The van der Waals surface area contributed by atoms with E-state index in [1.807, 2.05) is 0 Å². The number of hydrogen-bond donors (Lipinski definition) is 1. The normalized spacial score (nSPS) is 12.0. The van der Waals surface area contributed by atoms with Crippen LogP contribution in [0.2, 0.25) is 0 Å². The van der Waals surface area contributed by atoms with Gasteiger partial charge in [0.2, 0.25) is 0 Å². The van der Waals surface area contributed by atoms with Gasteiger partial charge in [0.25, 0.3) is 0 Å². The zero-order chi connectivity index (χ0) is 24.0. The average Bonchev–Trinajstić information content (AvgIpc) is 2.57. The van der Waals surface area contributed by atoms with Crippen molar-refractivity contribution in [2.45, 2.75) is 77.0 Å². The Morgan fingerprint density at radius 1 is 0.562 bits per heavy atom. The maximum atomic E-state index is 12.4. The fourth-order valence-corrected chi connectivity index (χ4v) is 9.55. The Bertz CT molecular complexity index is 1010. The summed E-state index contributed by atoms with van der Waals surface area (Å²) in [4.78, 5) is 15.3. The molecule has 0 aliphatic heterocycles. The van der Waals surface area contributed by atoms with Gasteiger partial charge in [-0.1, -0.05) is 53.1 Å².